The minimum Gasteiger partial charge on any atom is -0.299 e. The van der Waals surface area contributed by atoms with Crippen molar-refractivity contribution in [2.45, 2.75) is 46.0 Å². The van der Waals surface area contributed by atoms with Gasteiger partial charge >= 0.3 is 0 Å². The first-order chi connectivity index (χ1) is 6.10. The third-order valence-corrected chi connectivity index (χ3v) is 3.20. The summed E-state index contributed by atoms with van der Waals surface area (Å²) in [7, 11) is 0. The highest BCUT2D eigenvalue weighted by Crippen LogP contribution is 2.39. The summed E-state index contributed by atoms with van der Waals surface area (Å²) in [6.07, 6.45) is 4.38. The number of ketones is 1. The number of carbonyl (C=O) groups excluding carboxylic acids is 1. The van der Waals surface area contributed by atoms with E-state index in [1.165, 1.54) is 0 Å². The Morgan fingerprint density at radius 1 is 1.69 bits per heavy atom. The molecule has 2 atom stereocenters. The number of nitrogens with zero attached hydrogens (tertiary/aromatic N) is 1. The van der Waals surface area contributed by atoms with Crippen LogP contribution in [0.3, 0.4) is 0 Å². The van der Waals surface area contributed by atoms with Crippen LogP contribution < -0.4 is 0 Å². The van der Waals surface area contributed by atoms with Crippen LogP contribution in [0.25, 0.3) is 0 Å². The van der Waals surface area contributed by atoms with Crippen LogP contribution >= 0.6 is 0 Å². The summed E-state index contributed by atoms with van der Waals surface area (Å²) in [5, 5.41) is 8.50. The highest BCUT2D eigenvalue weighted by Gasteiger charge is 2.38. The molecule has 0 saturated heterocycles. The Balaban J connectivity index is 2.65. The maximum atomic E-state index is 11.8. The van der Waals surface area contributed by atoms with E-state index in [1.54, 1.807) is 0 Å². The normalized spacial score (nSPS) is 34.2. The summed E-state index contributed by atoms with van der Waals surface area (Å²) in [5.74, 6) is 0.575. The second-order valence-corrected chi connectivity index (χ2v) is 4.38. The third-order valence-electron chi connectivity index (χ3n) is 3.20. The monoisotopic (exact) mass is 179 g/mol. The van der Waals surface area contributed by atoms with Gasteiger partial charge in [-0.05, 0) is 19.3 Å². The maximum absolute atomic E-state index is 11.8. The molecule has 1 aliphatic carbocycles. The molecule has 0 spiro atoms. The summed E-state index contributed by atoms with van der Waals surface area (Å²) in [6.45, 7) is 4.02. The lowest BCUT2D eigenvalue weighted by Crippen LogP contribution is -2.36. The first kappa shape index (κ1) is 10.2. The average Bonchev–Trinajstić information content (AvgIpc) is 2.11. The number of rotatable bonds is 2. The van der Waals surface area contributed by atoms with Crippen molar-refractivity contribution in [1.82, 2.24) is 0 Å². The minimum absolute atomic E-state index is 0.201. The summed E-state index contributed by atoms with van der Waals surface area (Å²) < 4.78 is 0. The van der Waals surface area contributed by atoms with E-state index in [2.05, 4.69) is 6.07 Å². The topological polar surface area (TPSA) is 40.9 Å². The van der Waals surface area contributed by atoms with Crippen LogP contribution in [0, 0.1) is 22.7 Å². The van der Waals surface area contributed by atoms with E-state index in [1.807, 2.05) is 13.8 Å². The van der Waals surface area contributed by atoms with Crippen molar-refractivity contribution >= 4 is 5.78 Å². The molecule has 0 N–H and O–H groups in total. The number of carbonyl (C=O) groups is 1. The van der Waals surface area contributed by atoms with Crippen LogP contribution in [0.15, 0.2) is 0 Å². The molecule has 0 aromatic heterocycles. The van der Waals surface area contributed by atoms with E-state index in [0.717, 1.165) is 25.7 Å². The molecule has 0 amide bonds. The van der Waals surface area contributed by atoms with E-state index in [-0.39, 0.29) is 11.3 Å². The summed E-state index contributed by atoms with van der Waals surface area (Å²) in [4.78, 5) is 11.8. The Bertz CT molecular complexity index is 241. The van der Waals surface area contributed by atoms with Crippen LogP contribution in [0.2, 0.25) is 0 Å². The molecule has 0 aromatic rings. The van der Waals surface area contributed by atoms with Crippen LogP contribution in [0.1, 0.15) is 46.0 Å². The van der Waals surface area contributed by atoms with Gasteiger partial charge in [0.25, 0.3) is 0 Å². The molecule has 72 valence electrons. The van der Waals surface area contributed by atoms with Gasteiger partial charge in [-0.3, -0.25) is 4.79 Å². The fourth-order valence-electron chi connectivity index (χ4n) is 2.23. The molecule has 0 bridgehead atoms. The highest BCUT2D eigenvalue weighted by atomic mass is 16.1. The van der Waals surface area contributed by atoms with E-state index >= 15 is 0 Å². The quantitative estimate of drug-likeness (QED) is 0.654. The Hall–Kier alpha value is -0.840. The van der Waals surface area contributed by atoms with E-state index < -0.39 is 0 Å². The van der Waals surface area contributed by atoms with Gasteiger partial charge in [-0.25, -0.2) is 0 Å². The second kappa shape index (κ2) is 3.91. The first-order valence-electron chi connectivity index (χ1n) is 5.01. The first-order valence-corrected chi connectivity index (χ1v) is 5.01. The van der Waals surface area contributed by atoms with Crippen molar-refractivity contribution in [3.05, 3.63) is 0 Å². The molecular weight excluding hydrogens is 162 g/mol. The van der Waals surface area contributed by atoms with Crippen molar-refractivity contribution in [2.75, 3.05) is 0 Å². The smallest absolute Gasteiger partial charge is 0.141 e. The number of Topliss-reactive ketones (excluding diaryl/α,β-unsaturated/α-hetero) is 1. The molecule has 0 radical (unpaired) electrons. The molecule has 1 aliphatic rings. The average molecular weight is 179 g/mol. The van der Waals surface area contributed by atoms with E-state index in [4.69, 9.17) is 5.26 Å². The Labute approximate surface area is 79.9 Å². The van der Waals surface area contributed by atoms with E-state index in [0.29, 0.717) is 12.2 Å². The fourth-order valence-corrected chi connectivity index (χ4v) is 2.23. The van der Waals surface area contributed by atoms with Gasteiger partial charge in [0.15, 0.2) is 0 Å². The largest absolute Gasteiger partial charge is 0.299 e. The van der Waals surface area contributed by atoms with Gasteiger partial charge in [-0.1, -0.05) is 20.3 Å². The van der Waals surface area contributed by atoms with Gasteiger partial charge in [-0.2, -0.15) is 5.26 Å². The predicted octanol–water partition coefficient (Wildman–Crippen LogP) is 2.69. The zero-order valence-electron chi connectivity index (χ0n) is 8.47. The van der Waals surface area contributed by atoms with Gasteiger partial charge in [0, 0.05) is 17.8 Å². The van der Waals surface area contributed by atoms with Gasteiger partial charge in [0.2, 0.25) is 0 Å². The third kappa shape index (κ3) is 2.09. The van der Waals surface area contributed by atoms with Crippen molar-refractivity contribution in [1.29, 1.82) is 5.26 Å². The summed E-state index contributed by atoms with van der Waals surface area (Å²) >= 11 is 0. The number of hydrogen-bond acceptors (Lipinski definition) is 2. The molecule has 1 rings (SSSR count). The summed E-state index contributed by atoms with van der Waals surface area (Å²) in [6, 6.07) is 2.12. The highest BCUT2D eigenvalue weighted by molar-refractivity contribution is 5.87. The van der Waals surface area contributed by atoms with Crippen molar-refractivity contribution in [2.24, 2.45) is 11.3 Å². The van der Waals surface area contributed by atoms with Crippen molar-refractivity contribution in [3.63, 3.8) is 0 Å². The van der Waals surface area contributed by atoms with Crippen molar-refractivity contribution in [3.8, 4) is 6.07 Å². The Morgan fingerprint density at radius 3 is 3.00 bits per heavy atom. The molecule has 1 fully saturated rings. The Kier molecular flexibility index (Phi) is 3.08. The van der Waals surface area contributed by atoms with E-state index in [9.17, 15) is 4.79 Å². The minimum atomic E-state index is -0.201. The number of nitriles is 1. The zero-order chi connectivity index (χ0) is 9.90. The molecular formula is C11H17NO. The molecule has 0 unspecified atom stereocenters. The van der Waals surface area contributed by atoms with Gasteiger partial charge in [0.1, 0.15) is 5.78 Å². The van der Waals surface area contributed by atoms with Crippen LogP contribution in [0.4, 0.5) is 0 Å². The second-order valence-electron chi connectivity index (χ2n) is 4.38. The van der Waals surface area contributed by atoms with Gasteiger partial charge in [0.05, 0.1) is 6.07 Å². The molecule has 2 heteroatoms. The lowest BCUT2D eigenvalue weighted by Gasteiger charge is -2.34. The molecule has 13 heavy (non-hydrogen) atoms. The fraction of sp³-hybridized carbons (Fsp3) is 0.818. The van der Waals surface area contributed by atoms with Crippen molar-refractivity contribution < 1.29 is 4.79 Å². The lowest BCUT2D eigenvalue weighted by atomic mass is 9.68. The Morgan fingerprint density at radius 2 is 2.38 bits per heavy atom. The molecule has 0 aromatic carbocycles. The zero-order valence-corrected chi connectivity index (χ0v) is 8.47. The van der Waals surface area contributed by atoms with Crippen LogP contribution in [-0.2, 0) is 4.79 Å². The van der Waals surface area contributed by atoms with Gasteiger partial charge < -0.3 is 0 Å². The number of hydrogen-bond donors (Lipinski definition) is 0. The van der Waals surface area contributed by atoms with Crippen LogP contribution in [0.5, 0.6) is 0 Å². The molecule has 1 saturated carbocycles. The molecule has 0 heterocycles. The lowest BCUT2D eigenvalue weighted by molar-refractivity contribution is -0.135. The maximum Gasteiger partial charge on any atom is 0.141 e. The standard InChI is InChI=1S/C11H17NO/c1-9-5-3-6-11(2,10(9)13)7-4-8-12/h9H,3-7H2,1-2H3/t9-,11+/m1/s1. The van der Waals surface area contributed by atoms with Crippen LogP contribution in [-0.4, -0.2) is 5.78 Å². The predicted molar refractivity (Wildman–Crippen MR) is 51.0 cm³/mol. The summed E-state index contributed by atoms with van der Waals surface area (Å²) in [5.41, 5.74) is -0.201. The molecule has 0 aliphatic heterocycles. The van der Waals surface area contributed by atoms with Gasteiger partial charge in [-0.15, -0.1) is 0 Å². The SMILES string of the molecule is C[C@@H]1CCC[C@@](C)(CCC#N)C1=O. The molecule has 2 nitrogen and oxygen atoms in total.